The fourth-order valence-corrected chi connectivity index (χ4v) is 3.56. The van der Waals surface area contributed by atoms with E-state index in [0.717, 1.165) is 23.7 Å². The van der Waals surface area contributed by atoms with Crippen LogP contribution in [0.2, 0.25) is 0 Å². The van der Waals surface area contributed by atoms with E-state index in [1.165, 1.54) is 23.4 Å². The molecule has 0 amide bonds. The van der Waals surface area contributed by atoms with Crippen molar-refractivity contribution >= 4 is 11.3 Å². The Morgan fingerprint density at radius 1 is 1.59 bits per heavy atom. The van der Waals surface area contributed by atoms with Crippen molar-refractivity contribution < 1.29 is 4.42 Å². The Hall–Kier alpha value is -1.13. The monoisotopic (exact) mass is 248 g/mol. The lowest BCUT2D eigenvalue weighted by atomic mass is 9.98. The van der Waals surface area contributed by atoms with E-state index in [4.69, 9.17) is 9.40 Å². The van der Waals surface area contributed by atoms with Gasteiger partial charge in [0, 0.05) is 10.9 Å². The molecule has 1 atom stereocenters. The number of thiazole rings is 1. The summed E-state index contributed by atoms with van der Waals surface area (Å²) in [7, 11) is 0. The Balaban J connectivity index is 1.96. The fourth-order valence-electron chi connectivity index (χ4n) is 2.37. The van der Waals surface area contributed by atoms with Gasteiger partial charge >= 0.3 is 0 Å². The van der Waals surface area contributed by atoms with E-state index in [1.54, 1.807) is 17.6 Å². The van der Waals surface area contributed by atoms with Gasteiger partial charge in [-0.05, 0) is 37.9 Å². The first-order valence-corrected chi connectivity index (χ1v) is 6.97. The molecule has 0 saturated carbocycles. The lowest BCUT2D eigenvalue weighted by Gasteiger charge is -2.21. The Morgan fingerprint density at radius 3 is 3.29 bits per heavy atom. The summed E-state index contributed by atoms with van der Waals surface area (Å²) in [5.74, 6) is 0.889. The summed E-state index contributed by atoms with van der Waals surface area (Å²) in [5, 5.41) is 4.56. The number of nitrogens with one attached hydrogen (secondary N) is 1. The first-order chi connectivity index (χ1) is 8.38. The number of aromatic nitrogens is 1. The van der Waals surface area contributed by atoms with Crippen LogP contribution in [0.15, 0.2) is 22.8 Å². The second-order valence-corrected chi connectivity index (χ2v) is 5.34. The van der Waals surface area contributed by atoms with Gasteiger partial charge in [0.05, 0.1) is 12.0 Å². The van der Waals surface area contributed by atoms with Crippen LogP contribution in [0, 0.1) is 0 Å². The van der Waals surface area contributed by atoms with E-state index in [1.807, 2.05) is 12.1 Å². The first kappa shape index (κ1) is 11.0. The van der Waals surface area contributed by atoms with E-state index in [2.05, 4.69) is 12.2 Å². The van der Waals surface area contributed by atoms with Crippen molar-refractivity contribution in [3.05, 3.63) is 29.0 Å². The van der Waals surface area contributed by atoms with Crippen LogP contribution in [-0.4, -0.2) is 11.5 Å². The minimum atomic E-state index is 0.491. The lowest BCUT2D eigenvalue weighted by Crippen LogP contribution is -2.23. The summed E-state index contributed by atoms with van der Waals surface area (Å²) in [6.45, 7) is 3.17. The summed E-state index contributed by atoms with van der Waals surface area (Å²) < 4.78 is 5.42. The van der Waals surface area contributed by atoms with Crippen LogP contribution in [0.4, 0.5) is 0 Å². The molecule has 1 N–H and O–H groups in total. The van der Waals surface area contributed by atoms with Crippen molar-refractivity contribution in [3.8, 4) is 10.8 Å². The zero-order valence-corrected chi connectivity index (χ0v) is 10.7. The number of furan rings is 1. The van der Waals surface area contributed by atoms with Gasteiger partial charge in [-0.2, -0.15) is 0 Å². The third-order valence-corrected chi connectivity index (χ3v) is 4.36. The molecule has 4 heteroatoms. The third-order valence-electron chi connectivity index (χ3n) is 3.13. The number of fused-ring (bicyclic) bond motifs is 1. The maximum Gasteiger partial charge on any atom is 0.162 e. The van der Waals surface area contributed by atoms with Crippen molar-refractivity contribution in [2.45, 2.75) is 32.2 Å². The zero-order chi connectivity index (χ0) is 11.7. The quantitative estimate of drug-likeness (QED) is 0.904. The molecular formula is C13H16N2OS. The van der Waals surface area contributed by atoms with Gasteiger partial charge in [-0.3, -0.25) is 0 Å². The van der Waals surface area contributed by atoms with Gasteiger partial charge in [0.25, 0.3) is 0 Å². The SMILES string of the molecule is CCNC1CCCc2nc(-c3ccco3)sc21. The summed E-state index contributed by atoms with van der Waals surface area (Å²) in [5.41, 5.74) is 1.26. The summed E-state index contributed by atoms with van der Waals surface area (Å²) in [4.78, 5) is 6.12. The average molecular weight is 248 g/mol. The molecule has 0 radical (unpaired) electrons. The van der Waals surface area contributed by atoms with Gasteiger partial charge in [-0.1, -0.05) is 6.92 Å². The Labute approximate surface area is 105 Å². The van der Waals surface area contributed by atoms with Crippen molar-refractivity contribution in [1.82, 2.24) is 10.3 Å². The van der Waals surface area contributed by atoms with Crippen molar-refractivity contribution in [3.63, 3.8) is 0 Å². The molecule has 3 rings (SSSR count). The molecule has 1 unspecified atom stereocenters. The minimum Gasteiger partial charge on any atom is -0.462 e. The maximum absolute atomic E-state index is 5.42. The van der Waals surface area contributed by atoms with Crippen LogP contribution >= 0.6 is 11.3 Å². The van der Waals surface area contributed by atoms with Gasteiger partial charge < -0.3 is 9.73 Å². The van der Waals surface area contributed by atoms with Crippen LogP contribution in [0.1, 0.15) is 36.4 Å². The molecule has 3 nitrogen and oxygen atoms in total. The number of aryl methyl sites for hydroxylation is 1. The molecule has 2 heterocycles. The van der Waals surface area contributed by atoms with Gasteiger partial charge in [0.1, 0.15) is 0 Å². The van der Waals surface area contributed by atoms with E-state index in [-0.39, 0.29) is 0 Å². The van der Waals surface area contributed by atoms with E-state index in [0.29, 0.717) is 6.04 Å². The predicted molar refractivity (Wildman–Crippen MR) is 69.2 cm³/mol. The number of rotatable bonds is 3. The van der Waals surface area contributed by atoms with Crippen molar-refractivity contribution in [2.24, 2.45) is 0 Å². The Morgan fingerprint density at radius 2 is 2.53 bits per heavy atom. The molecule has 0 saturated heterocycles. The van der Waals surface area contributed by atoms with Crippen molar-refractivity contribution in [2.75, 3.05) is 6.54 Å². The smallest absolute Gasteiger partial charge is 0.162 e. The van der Waals surface area contributed by atoms with Gasteiger partial charge in [-0.15, -0.1) is 11.3 Å². The lowest BCUT2D eigenvalue weighted by molar-refractivity contribution is 0.476. The van der Waals surface area contributed by atoms with Crippen LogP contribution in [0.25, 0.3) is 10.8 Å². The second-order valence-electron chi connectivity index (χ2n) is 4.31. The highest BCUT2D eigenvalue weighted by Crippen LogP contribution is 2.37. The van der Waals surface area contributed by atoms with Gasteiger partial charge in [0.15, 0.2) is 10.8 Å². The molecule has 0 aromatic carbocycles. The van der Waals surface area contributed by atoms with E-state index >= 15 is 0 Å². The maximum atomic E-state index is 5.42. The largest absolute Gasteiger partial charge is 0.462 e. The van der Waals surface area contributed by atoms with Gasteiger partial charge in [-0.25, -0.2) is 4.98 Å². The molecule has 90 valence electrons. The summed E-state index contributed by atoms with van der Waals surface area (Å²) >= 11 is 1.77. The second kappa shape index (κ2) is 4.63. The Kier molecular flexibility index (Phi) is 2.99. The normalized spacial score (nSPS) is 19.2. The molecule has 0 bridgehead atoms. The molecule has 0 spiro atoms. The highest BCUT2D eigenvalue weighted by molar-refractivity contribution is 7.15. The molecule has 2 aromatic rings. The molecule has 17 heavy (non-hydrogen) atoms. The van der Waals surface area contributed by atoms with Crippen LogP contribution in [0.3, 0.4) is 0 Å². The van der Waals surface area contributed by atoms with Crippen LogP contribution in [-0.2, 0) is 6.42 Å². The topological polar surface area (TPSA) is 38.1 Å². The summed E-state index contributed by atoms with van der Waals surface area (Å²) in [6.07, 6.45) is 5.26. The third kappa shape index (κ3) is 2.03. The van der Waals surface area contributed by atoms with E-state index in [9.17, 15) is 0 Å². The standard InChI is InChI=1S/C13H16N2OS/c1-2-14-9-5-3-6-10-12(9)17-13(15-10)11-7-4-8-16-11/h4,7-9,14H,2-3,5-6H2,1H3. The molecule has 0 fully saturated rings. The van der Waals surface area contributed by atoms with Gasteiger partial charge in [0.2, 0.25) is 0 Å². The predicted octanol–water partition coefficient (Wildman–Crippen LogP) is 3.39. The van der Waals surface area contributed by atoms with Crippen LogP contribution < -0.4 is 5.32 Å². The molecule has 2 aromatic heterocycles. The number of hydrogen-bond donors (Lipinski definition) is 1. The fraction of sp³-hybridized carbons (Fsp3) is 0.462. The molecule has 1 aliphatic carbocycles. The highest BCUT2D eigenvalue weighted by Gasteiger charge is 2.24. The molecule has 1 aliphatic rings. The van der Waals surface area contributed by atoms with E-state index < -0.39 is 0 Å². The summed E-state index contributed by atoms with van der Waals surface area (Å²) in [6, 6.07) is 4.38. The Bertz CT molecular complexity index is 489. The molecule has 0 aliphatic heterocycles. The minimum absolute atomic E-state index is 0.491. The average Bonchev–Trinajstić information content (AvgIpc) is 2.98. The highest BCUT2D eigenvalue weighted by atomic mass is 32.1. The number of nitrogens with zero attached hydrogens (tertiary/aromatic N) is 1. The first-order valence-electron chi connectivity index (χ1n) is 6.15. The van der Waals surface area contributed by atoms with Crippen molar-refractivity contribution in [1.29, 1.82) is 0 Å². The number of hydrogen-bond acceptors (Lipinski definition) is 4. The zero-order valence-electron chi connectivity index (χ0n) is 9.90. The molecular weight excluding hydrogens is 232 g/mol. The van der Waals surface area contributed by atoms with Crippen LogP contribution in [0.5, 0.6) is 0 Å².